The summed E-state index contributed by atoms with van der Waals surface area (Å²) >= 11 is 5.87. The number of carbonyl (C=O) groups excluding carboxylic acids is 2. The van der Waals surface area contributed by atoms with Gasteiger partial charge in [-0.25, -0.2) is 0 Å². The van der Waals surface area contributed by atoms with Gasteiger partial charge in [-0.2, -0.15) is 0 Å². The monoisotopic (exact) mass is 340 g/mol. The molecule has 0 spiro atoms. The standard InChI is InChI=1S/C20H17ClO3/c1-14-20(19(23)24-14,18(22)16-7-3-2-4-8-16)13-5-6-15-9-11-17(21)12-10-15/h2-12,14H,13H2,1H3/b6-5+/t14-,20-/m0/s1. The molecule has 2 aromatic rings. The van der Waals surface area contributed by atoms with E-state index in [-0.39, 0.29) is 5.78 Å². The zero-order chi connectivity index (χ0) is 17.2. The Morgan fingerprint density at radius 2 is 1.83 bits per heavy atom. The normalized spacial score (nSPS) is 22.9. The SMILES string of the molecule is C[C@@H]1OC(=O)[C@]1(C/C=C/c1ccc(Cl)cc1)C(=O)c1ccccc1. The van der Waals surface area contributed by atoms with E-state index in [9.17, 15) is 9.59 Å². The molecule has 0 N–H and O–H groups in total. The predicted octanol–water partition coefficient (Wildman–Crippen LogP) is 4.56. The minimum absolute atomic E-state index is 0.187. The zero-order valence-electron chi connectivity index (χ0n) is 13.2. The van der Waals surface area contributed by atoms with Crippen molar-refractivity contribution < 1.29 is 14.3 Å². The quantitative estimate of drug-likeness (QED) is 0.455. The van der Waals surface area contributed by atoms with E-state index in [0.717, 1.165) is 5.56 Å². The number of allylic oxidation sites excluding steroid dienone is 1. The predicted molar refractivity (Wildman–Crippen MR) is 93.9 cm³/mol. The van der Waals surface area contributed by atoms with Gasteiger partial charge in [0, 0.05) is 10.6 Å². The van der Waals surface area contributed by atoms with Crippen LogP contribution in [0.25, 0.3) is 6.08 Å². The summed E-state index contributed by atoms with van der Waals surface area (Å²) in [6, 6.07) is 16.2. The zero-order valence-corrected chi connectivity index (χ0v) is 14.0. The summed E-state index contributed by atoms with van der Waals surface area (Å²) < 4.78 is 5.10. The number of halogens is 1. The van der Waals surface area contributed by atoms with Crippen LogP contribution in [0.15, 0.2) is 60.7 Å². The summed E-state index contributed by atoms with van der Waals surface area (Å²) in [6.07, 6.45) is 3.60. The lowest BCUT2D eigenvalue weighted by atomic mass is 9.69. The molecule has 1 aliphatic heterocycles. The summed E-state index contributed by atoms with van der Waals surface area (Å²) in [6.45, 7) is 1.76. The minimum Gasteiger partial charge on any atom is -0.460 e. The van der Waals surface area contributed by atoms with E-state index < -0.39 is 17.5 Å². The average molecular weight is 341 g/mol. The molecule has 0 unspecified atom stereocenters. The van der Waals surface area contributed by atoms with Gasteiger partial charge in [0.15, 0.2) is 11.2 Å². The van der Waals surface area contributed by atoms with E-state index in [1.54, 1.807) is 43.3 Å². The second-order valence-electron chi connectivity index (χ2n) is 5.87. The lowest BCUT2D eigenvalue weighted by Crippen LogP contribution is -2.59. The summed E-state index contributed by atoms with van der Waals surface area (Å²) in [5, 5.41) is 0.666. The van der Waals surface area contributed by atoms with Crippen LogP contribution in [0.2, 0.25) is 5.02 Å². The van der Waals surface area contributed by atoms with Crippen LogP contribution in [0.4, 0.5) is 0 Å². The second-order valence-corrected chi connectivity index (χ2v) is 6.31. The molecule has 0 bridgehead atoms. The van der Waals surface area contributed by atoms with E-state index in [4.69, 9.17) is 16.3 Å². The first kappa shape index (κ1) is 16.5. The Labute approximate surface area is 145 Å². The van der Waals surface area contributed by atoms with Gasteiger partial charge in [0.05, 0.1) is 0 Å². The molecule has 1 fully saturated rings. The van der Waals surface area contributed by atoms with Gasteiger partial charge in [0.2, 0.25) is 0 Å². The number of Topliss-reactive ketones (excluding diaryl/α,β-unsaturated/α-hetero) is 1. The average Bonchev–Trinajstić information content (AvgIpc) is 2.60. The Hall–Kier alpha value is -2.39. The summed E-state index contributed by atoms with van der Waals surface area (Å²) in [5.74, 6) is -0.641. The van der Waals surface area contributed by atoms with Crippen molar-refractivity contribution in [2.45, 2.75) is 19.4 Å². The number of benzene rings is 2. The third-order valence-corrected chi connectivity index (χ3v) is 4.66. The van der Waals surface area contributed by atoms with Gasteiger partial charge < -0.3 is 4.74 Å². The number of esters is 1. The van der Waals surface area contributed by atoms with Crippen LogP contribution in [0.1, 0.15) is 29.3 Å². The molecule has 2 aromatic carbocycles. The molecule has 3 rings (SSSR count). The fraction of sp³-hybridized carbons (Fsp3) is 0.200. The van der Waals surface area contributed by atoms with E-state index in [0.29, 0.717) is 17.0 Å². The van der Waals surface area contributed by atoms with E-state index >= 15 is 0 Å². The van der Waals surface area contributed by atoms with Crippen molar-refractivity contribution in [3.8, 4) is 0 Å². The van der Waals surface area contributed by atoms with Gasteiger partial charge in [-0.15, -0.1) is 0 Å². The second kappa shape index (κ2) is 6.62. The molecule has 4 heteroatoms. The minimum atomic E-state index is -1.13. The van der Waals surface area contributed by atoms with Crippen LogP contribution >= 0.6 is 11.6 Å². The van der Waals surface area contributed by atoms with Crippen molar-refractivity contribution in [2.75, 3.05) is 0 Å². The molecule has 0 saturated carbocycles. The van der Waals surface area contributed by atoms with Crippen molar-refractivity contribution >= 4 is 29.4 Å². The molecule has 0 amide bonds. The van der Waals surface area contributed by atoms with Gasteiger partial charge in [0.1, 0.15) is 6.10 Å². The molecule has 1 heterocycles. The first-order valence-corrected chi connectivity index (χ1v) is 8.15. The number of ketones is 1. The van der Waals surface area contributed by atoms with E-state index in [1.165, 1.54) is 0 Å². The molecule has 1 saturated heterocycles. The van der Waals surface area contributed by atoms with Crippen molar-refractivity contribution in [1.29, 1.82) is 0 Å². The first-order chi connectivity index (χ1) is 11.5. The Bertz CT molecular complexity index is 780. The lowest BCUT2D eigenvalue weighted by Gasteiger charge is -2.43. The molecular formula is C20H17ClO3. The van der Waals surface area contributed by atoms with E-state index in [1.807, 2.05) is 30.4 Å². The maximum absolute atomic E-state index is 12.9. The van der Waals surface area contributed by atoms with Crippen LogP contribution in [0.3, 0.4) is 0 Å². The number of ether oxygens (including phenoxy) is 1. The third kappa shape index (κ3) is 2.87. The number of cyclic esters (lactones) is 1. The number of carbonyl (C=O) groups is 2. The number of rotatable bonds is 5. The van der Waals surface area contributed by atoms with E-state index in [2.05, 4.69) is 0 Å². The summed E-state index contributed by atoms with van der Waals surface area (Å²) in [5.41, 5.74) is 0.354. The molecular weight excluding hydrogens is 324 g/mol. The fourth-order valence-electron chi connectivity index (χ4n) is 2.90. The molecule has 24 heavy (non-hydrogen) atoms. The van der Waals surface area contributed by atoms with Gasteiger partial charge in [0.25, 0.3) is 0 Å². The van der Waals surface area contributed by atoms with Crippen LogP contribution in [-0.2, 0) is 9.53 Å². The van der Waals surface area contributed by atoms with Crippen molar-refractivity contribution in [2.24, 2.45) is 5.41 Å². The topological polar surface area (TPSA) is 43.4 Å². The molecule has 1 aliphatic rings. The first-order valence-electron chi connectivity index (χ1n) is 7.77. The highest BCUT2D eigenvalue weighted by molar-refractivity contribution is 6.30. The fourth-order valence-corrected chi connectivity index (χ4v) is 3.02. The van der Waals surface area contributed by atoms with Crippen LogP contribution in [0.5, 0.6) is 0 Å². The molecule has 3 nitrogen and oxygen atoms in total. The maximum Gasteiger partial charge on any atom is 0.324 e. The Balaban J connectivity index is 1.84. The summed E-state index contributed by atoms with van der Waals surface area (Å²) in [7, 11) is 0. The van der Waals surface area contributed by atoms with Crippen molar-refractivity contribution in [3.05, 3.63) is 76.8 Å². The molecule has 0 radical (unpaired) electrons. The highest BCUT2D eigenvalue weighted by Crippen LogP contribution is 2.43. The molecule has 0 aromatic heterocycles. The lowest BCUT2D eigenvalue weighted by molar-refractivity contribution is -0.193. The van der Waals surface area contributed by atoms with Gasteiger partial charge in [-0.05, 0) is 31.0 Å². The highest BCUT2D eigenvalue weighted by atomic mass is 35.5. The van der Waals surface area contributed by atoms with Crippen molar-refractivity contribution in [1.82, 2.24) is 0 Å². The van der Waals surface area contributed by atoms with Gasteiger partial charge >= 0.3 is 5.97 Å². The van der Waals surface area contributed by atoms with Crippen molar-refractivity contribution in [3.63, 3.8) is 0 Å². The Morgan fingerprint density at radius 3 is 2.42 bits per heavy atom. The Morgan fingerprint density at radius 1 is 1.17 bits per heavy atom. The Kier molecular flexibility index (Phi) is 4.54. The number of hydrogen-bond acceptors (Lipinski definition) is 3. The third-order valence-electron chi connectivity index (χ3n) is 4.40. The highest BCUT2D eigenvalue weighted by Gasteiger charge is 2.60. The van der Waals surface area contributed by atoms with Gasteiger partial charge in [-0.3, -0.25) is 9.59 Å². The number of hydrogen-bond donors (Lipinski definition) is 0. The largest absolute Gasteiger partial charge is 0.460 e. The van der Waals surface area contributed by atoms with Crippen LogP contribution < -0.4 is 0 Å². The maximum atomic E-state index is 12.9. The van der Waals surface area contributed by atoms with Crippen LogP contribution in [0, 0.1) is 5.41 Å². The van der Waals surface area contributed by atoms with Crippen LogP contribution in [-0.4, -0.2) is 17.9 Å². The smallest absolute Gasteiger partial charge is 0.324 e. The molecule has 122 valence electrons. The van der Waals surface area contributed by atoms with Gasteiger partial charge in [-0.1, -0.05) is 66.2 Å². The summed E-state index contributed by atoms with van der Waals surface area (Å²) in [4.78, 5) is 25.1. The molecule has 2 atom stereocenters. The molecule has 0 aliphatic carbocycles.